The van der Waals surface area contributed by atoms with Crippen LogP contribution in [0.2, 0.25) is 5.02 Å². The zero-order valence-corrected chi connectivity index (χ0v) is 15.2. The minimum Gasteiger partial charge on any atom is -0.387 e. The monoisotopic (exact) mass is 347 g/mol. The maximum absolute atomic E-state index is 11.6. The third-order valence-corrected chi connectivity index (χ3v) is 5.81. The standard InChI is InChI=1S/C19H26ClN3O/c1-14(2)18-10-7-16(6-3-15-4-8-17(20)9-5-15)19(18,24)11-23-13-21-12-22-23/h4-5,8-9,12-14,16,18,24H,3,6-7,10-11H2,1-2H3. The molecule has 1 saturated carbocycles. The average molecular weight is 348 g/mol. The maximum Gasteiger partial charge on any atom is 0.137 e. The van der Waals surface area contributed by atoms with Crippen LogP contribution in [0.25, 0.3) is 0 Å². The lowest BCUT2D eigenvalue weighted by molar-refractivity contribution is -0.0688. The first-order valence-corrected chi connectivity index (χ1v) is 9.16. The van der Waals surface area contributed by atoms with Crippen molar-refractivity contribution in [1.82, 2.24) is 14.8 Å². The summed E-state index contributed by atoms with van der Waals surface area (Å²) in [7, 11) is 0. The highest BCUT2D eigenvalue weighted by atomic mass is 35.5. The van der Waals surface area contributed by atoms with Crippen molar-refractivity contribution in [1.29, 1.82) is 0 Å². The summed E-state index contributed by atoms with van der Waals surface area (Å²) in [5.74, 6) is 1.04. The minimum absolute atomic E-state index is 0.282. The Hall–Kier alpha value is -1.39. The molecular formula is C19H26ClN3O. The Balaban J connectivity index is 1.73. The van der Waals surface area contributed by atoms with Crippen LogP contribution in [-0.4, -0.2) is 25.5 Å². The summed E-state index contributed by atoms with van der Waals surface area (Å²) in [6, 6.07) is 8.02. The van der Waals surface area contributed by atoms with Crippen molar-refractivity contribution >= 4 is 11.6 Å². The smallest absolute Gasteiger partial charge is 0.137 e. The predicted molar refractivity (Wildman–Crippen MR) is 95.8 cm³/mol. The van der Waals surface area contributed by atoms with E-state index >= 15 is 0 Å². The molecule has 0 bridgehead atoms. The molecule has 0 radical (unpaired) electrons. The number of benzene rings is 1. The van der Waals surface area contributed by atoms with Crippen LogP contribution >= 0.6 is 11.6 Å². The molecule has 1 heterocycles. The normalized spacial score (nSPS) is 27.0. The molecule has 1 fully saturated rings. The number of aromatic nitrogens is 3. The summed E-state index contributed by atoms with van der Waals surface area (Å²) in [4.78, 5) is 4.02. The highest BCUT2D eigenvalue weighted by Gasteiger charge is 2.49. The van der Waals surface area contributed by atoms with Crippen molar-refractivity contribution in [2.45, 2.75) is 51.7 Å². The van der Waals surface area contributed by atoms with E-state index in [1.807, 2.05) is 12.1 Å². The van der Waals surface area contributed by atoms with Crippen molar-refractivity contribution in [3.63, 3.8) is 0 Å². The zero-order chi connectivity index (χ0) is 17.2. The van der Waals surface area contributed by atoms with Crippen molar-refractivity contribution in [2.75, 3.05) is 0 Å². The van der Waals surface area contributed by atoms with E-state index in [9.17, 15) is 5.11 Å². The molecule has 130 valence electrons. The lowest BCUT2D eigenvalue weighted by atomic mass is 9.76. The summed E-state index contributed by atoms with van der Waals surface area (Å²) in [6.07, 6.45) is 7.33. The molecule has 0 spiro atoms. The summed E-state index contributed by atoms with van der Waals surface area (Å²) < 4.78 is 1.77. The van der Waals surface area contributed by atoms with E-state index in [-0.39, 0.29) is 5.92 Å². The van der Waals surface area contributed by atoms with Crippen molar-refractivity contribution in [2.24, 2.45) is 17.8 Å². The second-order valence-corrected chi connectivity index (χ2v) is 7.81. The van der Waals surface area contributed by atoms with Crippen LogP contribution in [0.5, 0.6) is 0 Å². The largest absolute Gasteiger partial charge is 0.387 e. The summed E-state index contributed by atoms with van der Waals surface area (Å²) in [5.41, 5.74) is 0.560. The molecule has 24 heavy (non-hydrogen) atoms. The number of aliphatic hydroxyl groups is 1. The third kappa shape index (κ3) is 3.65. The van der Waals surface area contributed by atoms with E-state index < -0.39 is 5.60 Å². The molecule has 5 heteroatoms. The van der Waals surface area contributed by atoms with Gasteiger partial charge >= 0.3 is 0 Å². The van der Waals surface area contributed by atoms with Crippen molar-refractivity contribution < 1.29 is 5.11 Å². The van der Waals surface area contributed by atoms with Crippen LogP contribution in [0.15, 0.2) is 36.9 Å². The van der Waals surface area contributed by atoms with E-state index in [4.69, 9.17) is 11.6 Å². The summed E-state index contributed by atoms with van der Waals surface area (Å²) in [6.45, 7) is 4.94. The molecule has 1 aliphatic rings. The molecule has 0 saturated heterocycles. The van der Waals surface area contributed by atoms with Gasteiger partial charge in [0.1, 0.15) is 12.7 Å². The molecule has 1 N–H and O–H groups in total. The Bertz CT molecular complexity index is 641. The van der Waals surface area contributed by atoms with E-state index in [1.54, 1.807) is 11.0 Å². The predicted octanol–water partition coefficient (Wildman–Crippen LogP) is 3.98. The minimum atomic E-state index is -0.714. The quantitative estimate of drug-likeness (QED) is 0.859. The van der Waals surface area contributed by atoms with Gasteiger partial charge in [-0.25, -0.2) is 4.98 Å². The van der Waals surface area contributed by atoms with Crippen molar-refractivity contribution in [3.8, 4) is 0 Å². The number of halogens is 1. The highest BCUT2D eigenvalue weighted by molar-refractivity contribution is 6.30. The maximum atomic E-state index is 11.6. The highest BCUT2D eigenvalue weighted by Crippen LogP contribution is 2.47. The number of hydrogen-bond acceptors (Lipinski definition) is 3. The van der Waals surface area contributed by atoms with Gasteiger partial charge in [0.25, 0.3) is 0 Å². The molecule has 0 aliphatic heterocycles. The molecule has 3 atom stereocenters. The lowest BCUT2D eigenvalue weighted by Gasteiger charge is -2.37. The Morgan fingerprint density at radius 3 is 2.67 bits per heavy atom. The van der Waals surface area contributed by atoms with Gasteiger partial charge in [-0.2, -0.15) is 5.10 Å². The van der Waals surface area contributed by atoms with Gasteiger partial charge in [-0.3, -0.25) is 4.68 Å². The van der Waals surface area contributed by atoms with Crippen LogP contribution in [-0.2, 0) is 13.0 Å². The summed E-state index contributed by atoms with van der Waals surface area (Å²) >= 11 is 5.96. The molecule has 4 nitrogen and oxygen atoms in total. The molecule has 3 unspecified atom stereocenters. The second kappa shape index (κ2) is 7.24. The van der Waals surface area contributed by atoms with E-state index in [0.29, 0.717) is 18.4 Å². The zero-order valence-electron chi connectivity index (χ0n) is 14.4. The number of rotatable bonds is 6. The Kier molecular flexibility index (Phi) is 5.26. The third-order valence-electron chi connectivity index (χ3n) is 5.56. The molecular weight excluding hydrogens is 322 g/mol. The van der Waals surface area contributed by atoms with E-state index in [2.05, 4.69) is 36.1 Å². The Morgan fingerprint density at radius 2 is 2.04 bits per heavy atom. The Morgan fingerprint density at radius 1 is 1.29 bits per heavy atom. The Labute approximate surface area is 148 Å². The van der Waals surface area contributed by atoms with Crippen LogP contribution in [0.1, 0.15) is 38.7 Å². The van der Waals surface area contributed by atoms with Gasteiger partial charge in [0.2, 0.25) is 0 Å². The molecule has 3 rings (SSSR count). The van der Waals surface area contributed by atoms with Gasteiger partial charge in [0, 0.05) is 5.02 Å². The first-order chi connectivity index (χ1) is 11.5. The summed E-state index contributed by atoms with van der Waals surface area (Å²) in [5, 5.41) is 16.5. The fourth-order valence-corrected chi connectivity index (χ4v) is 4.43. The van der Waals surface area contributed by atoms with Gasteiger partial charge < -0.3 is 5.11 Å². The van der Waals surface area contributed by atoms with E-state index in [0.717, 1.165) is 30.7 Å². The van der Waals surface area contributed by atoms with Crippen LogP contribution in [0.3, 0.4) is 0 Å². The molecule has 2 aromatic rings. The number of aryl methyl sites for hydroxylation is 1. The molecule has 1 aromatic heterocycles. The molecule has 1 aliphatic carbocycles. The first kappa shape index (κ1) is 17.4. The fourth-order valence-electron chi connectivity index (χ4n) is 4.30. The van der Waals surface area contributed by atoms with Gasteiger partial charge in [-0.1, -0.05) is 37.6 Å². The SMILES string of the molecule is CC(C)C1CCC(CCc2ccc(Cl)cc2)C1(O)Cn1cncn1. The first-order valence-electron chi connectivity index (χ1n) is 8.78. The second-order valence-electron chi connectivity index (χ2n) is 7.37. The van der Waals surface area contributed by atoms with Gasteiger partial charge in [-0.05, 0) is 61.1 Å². The fraction of sp³-hybridized carbons (Fsp3) is 0.579. The lowest BCUT2D eigenvalue weighted by Crippen LogP contribution is -2.46. The topological polar surface area (TPSA) is 50.9 Å². The van der Waals surface area contributed by atoms with Crippen LogP contribution in [0.4, 0.5) is 0 Å². The van der Waals surface area contributed by atoms with Gasteiger partial charge in [-0.15, -0.1) is 0 Å². The van der Waals surface area contributed by atoms with E-state index in [1.165, 1.54) is 11.9 Å². The molecule has 1 aromatic carbocycles. The molecule has 0 amide bonds. The number of nitrogens with zero attached hydrogens (tertiary/aromatic N) is 3. The van der Waals surface area contributed by atoms with Crippen LogP contribution < -0.4 is 0 Å². The number of hydrogen-bond donors (Lipinski definition) is 1. The van der Waals surface area contributed by atoms with Gasteiger partial charge in [0.05, 0.1) is 12.1 Å². The van der Waals surface area contributed by atoms with Gasteiger partial charge in [0.15, 0.2) is 0 Å². The average Bonchev–Trinajstić information content (AvgIpc) is 3.15. The van der Waals surface area contributed by atoms with Crippen molar-refractivity contribution in [3.05, 3.63) is 47.5 Å². The van der Waals surface area contributed by atoms with Crippen LogP contribution in [0, 0.1) is 17.8 Å².